The molecular formula is C16H15N3O2. The zero-order chi connectivity index (χ0) is 14.2. The molecule has 1 amide bonds. The van der Waals surface area contributed by atoms with E-state index in [1.165, 1.54) is 0 Å². The van der Waals surface area contributed by atoms with Gasteiger partial charge in [-0.15, -0.1) is 0 Å². The van der Waals surface area contributed by atoms with E-state index < -0.39 is 0 Å². The van der Waals surface area contributed by atoms with Crippen LogP contribution in [-0.4, -0.2) is 21.5 Å². The predicted molar refractivity (Wildman–Crippen MR) is 78.0 cm³/mol. The number of furan rings is 1. The highest BCUT2D eigenvalue weighted by atomic mass is 16.3. The van der Waals surface area contributed by atoms with Gasteiger partial charge in [-0.2, -0.15) is 0 Å². The number of benzene rings is 1. The van der Waals surface area contributed by atoms with E-state index in [9.17, 15) is 4.79 Å². The van der Waals surface area contributed by atoms with Crippen LogP contribution in [0, 0.1) is 0 Å². The maximum absolute atomic E-state index is 12.3. The van der Waals surface area contributed by atoms with Crippen molar-refractivity contribution in [1.29, 1.82) is 0 Å². The SMILES string of the molecule is O=C(N[C@H]1CCc2nccn2C1)c1cc2ccccc2o1. The number of aryl methyl sites for hydroxylation is 1. The normalized spacial score (nSPS) is 17.6. The van der Waals surface area contributed by atoms with Crippen molar-refractivity contribution in [2.75, 3.05) is 0 Å². The Morgan fingerprint density at radius 1 is 1.38 bits per heavy atom. The Labute approximate surface area is 121 Å². The van der Waals surface area contributed by atoms with Crippen molar-refractivity contribution in [3.8, 4) is 0 Å². The molecule has 5 nitrogen and oxygen atoms in total. The highest BCUT2D eigenvalue weighted by molar-refractivity contribution is 5.96. The van der Waals surface area contributed by atoms with Crippen LogP contribution in [0.2, 0.25) is 0 Å². The third-order valence-corrected chi connectivity index (χ3v) is 3.92. The molecule has 1 aliphatic rings. The van der Waals surface area contributed by atoms with Crippen molar-refractivity contribution in [3.63, 3.8) is 0 Å². The second-order valence-corrected chi connectivity index (χ2v) is 5.35. The van der Waals surface area contributed by atoms with Crippen molar-refractivity contribution in [2.24, 2.45) is 0 Å². The Hall–Kier alpha value is -2.56. The molecular weight excluding hydrogens is 266 g/mol. The Morgan fingerprint density at radius 2 is 2.29 bits per heavy atom. The molecule has 1 aliphatic heterocycles. The largest absolute Gasteiger partial charge is 0.451 e. The van der Waals surface area contributed by atoms with Gasteiger partial charge in [-0.05, 0) is 18.6 Å². The van der Waals surface area contributed by atoms with Gasteiger partial charge in [-0.25, -0.2) is 4.98 Å². The molecule has 5 heteroatoms. The van der Waals surface area contributed by atoms with Gasteiger partial charge in [0.25, 0.3) is 5.91 Å². The maximum atomic E-state index is 12.3. The third kappa shape index (κ3) is 2.20. The Kier molecular flexibility index (Phi) is 2.77. The quantitative estimate of drug-likeness (QED) is 0.784. The van der Waals surface area contributed by atoms with Crippen molar-refractivity contribution >= 4 is 16.9 Å². The molecule has 0 saturated carbocycles. The first-order valence-electron chi connectivity index (χ1n) is 7.09. The van der Waals surface area contributed by atoms with Crippen LogP contribution < -0.4 is 5.32 Å². The number of imidazole rings is 1. The summed E-state index contributed by atoms with van der Waals surface area (Å²) in [4.78, 5) is 16.6. The molecule has 106 valence electrons. The van der Waals surface area contributed by atoms with Crippen LogP contribution >= 0.6 is 0 Å². The summed E-state index contributed by atoms with van der Waals surface area (Å²) in [7, 11) is 0. The number of hydrogen-bond acceptors (Lipinski definition) is 3. The number of nitrogens with zero attached hydrogens (tertiary/aromatic N) is 2. The van der Waals surface area contributed by atoms with Gasteiger partial charge in [0.15, 0.2) is 5.76 Å². The minimum atomic E-state index is -0.153. The van der Waals surface area contributed by atoms with E-state index in [1.807, 2.05) is 30.5 Å². The predicted octanol–water partition coefficient (Wildman–Crippen LogP) is 2.37. The van der Waals surface area contributed by atoms with Gasteiger partial charge in [-0.3, -0.25) is 4.79 Å². The van der Waals surface area contributed by atoms with Crippen molar-refractivity contribution in [2.45, 2.75) is 25.4 Å². The molecule has 1 aromatic carbocycles. The maximum Gasteiger partial charge on any atom is 0.287 e. The first kappa shape index (κ1) is 12.2. The van der Waals surface area contributed by atoms with Gasteiger partial charge in [-0.1, -0.05) is 18.2 Å². The van der Waals surface area contributed by atoms with Crippen molar-refractivity contribution in [3.05, 3.63) is 54.3 Å². The Bertz CT molecular complexity index is 770. The summed E-state index contributed by atoms with van der Waals surface area (Å²) in [5.74, 6) is 1.30. The fraction of sp³-hybridized carbons (Fsp3) is 0.250. The summed E-state index contributed by atoms with van der Waals surface area (Å²) in [6.07, 6.45) is 5.55. The summed E-state index contributed by atoms with van der Waals surface area (Å²) >= 11 is 0. The number of para-hydroxylation sites is 1. The summed E-state index contributed by atoms with van der Waals surface area (Å²) < 4.78 is 7.68. The van der Waals surface area contributed by atoms with Crippen LogP contribution in [0.1, 0.15) is 22.8 Å². The van der Waals surface area contributed by atoms with Crippen LogP contribution in [0.4, 0.5) is 0 Å². The van der Waals surface area contributed by atoms with Gasteiger partial charge in [0.2, 0.25) is 0 Å². The highest BCUT2D eigenvalue weighted by Gasteiger charge is 2.22. The van der Waals surface area contributed by atoms with E-state index in [2.05, 4.69) is 14.9 Å². The molecule has 0 aliphatic carbocycles. The Morgan fingerprint density at radius 3 is 3.19 bits per heavy atom. The fourth-order valence-corrected chi connectivity index (χ4v) is 2.83. The van der Waals surface area contributed by atoms with E-state index in [1.54, 1.807) is 12.3 Å². The number of carbonyl (C=O) groups is 1. The van der Waals surface area contributed by atoms with Crippen LogP contribution in [0.5, 0.6) is 0 Å². The number of aromatic nitrogens is 2. The number of carbonyl (C=O) groups excluding carboxylic acids is 1. The Balaban J connectivity index is 1.51. The van der Waals surface area contributed by atoms with Gasteiger partial charge in [0.05, 0.1) is 0 Å². The fourth-order valence-electron chi connectivity index (χ4n) is 2.83. The average Bonchev–Trinajstić information content (AvgIpc) is 3.13. The van der Waals surface area contributed by atoms with Crippen molar-refractivity contribution < 1.29 is 9.21 Å². The van der Waals surface area contributed by atoms with Crippen LogP contribution in [0.15, 0.2) is 47.1 Å². The molecule has 0 unspecified atom stereocenters. The number of rotatable bonds is 2. The monoisotopic (exact) mass is 281 g/mol. The molecule has 0 bridgehead atoms. The lowest BCUT2D eigenvalue weighted by Crippen LogP contribution is -2.40. The molecule has 2 aromatic heterocycles. The molecule has 1 N–H and O–H groups in total. The van der Waals surface area contributed by atoms with Gasteiger partial charge in [0.1, 0.15) is 11.4 Å². The average molecular weight is 281 g/mol. The molecule has 1 atom stereocenters. The van der Waals surface area contributed by atoms with Crippen LogP contribution in [-0.2, 0) is 13.0 Å². The van der Waals surface area contributed by atoms with Crippen LogP contribution in [0.25, 0.3) is 11.0 Å². The van der Waals surface area contributed by atoms with Gasteiger partial charge < -0.3 is 14.3 Å². The zero-order valence-electron chi connectivity index (χ0n) is 11.5. The lowest BCUT2D eigenvalue weighted by molar-refractivity contribution is 0.0901. The molecule has 3 heterocycles. The summed E-state index contributed by atoms with van der Waals surface area (Å²) in [5.41, 5.74) is 0.739. The molecule has 3 aromatic rings. The van der Waals surface area contributed by atoms with E-state index >= 15 is 0 Å². The molecule has 4 rings (SSSR count). The highest BCUT2D eigenvalue weighted by Crippen LogP contribution is 2.19. The topological polar surface area (TPSA) is 60.1 Å². The van der Waals surface area contributed by atoms with Gasteiger partial charge >= 0.3 is 0 Å². The molecule has 0 radical (unpaired) electrons. The second kappa shape index (κ2) is 4.77. The number of fused-ring (bicyclic) bond motifs is 2. The first-order valence-corrected chi connectivity index (χ1v) is 7.09. The minimum Gasteiger partial charge on any atom is -0.451 e. The molecule has 0 spiro atoms. The summed E-state index contributed by atoms with van der Waals surface area (Å²) in [6, 6.07) is 9.54. The second-order valence-electron chi connectivity index (χ2n) is 5.35. The molecule has 0 fully saturated rings. The smallest absolute Gasteiger partial charge is 0.287 e. The lowest BCUT2D eigenvalue weighted by Gasteiger charge is -2.24. The van der Waals surface area contributed by atoms with Crippen LogP contribution in [0.3, 0.4) is 0 Å². The number of amides is 1. The molecule has 21 heavy (non-hydrogen) atoms. The van der Waals surface area contributed by atoms with Crippen molar-refractivity contribution in [1.82, 2.24) is 14.9 Å². The summed E-state index contributed by atoms with van der Waals surface area (Å²) in [6.45, 7) is 0.765. The van der Waals surface area contributed by atoms with E-state index in [0.29, 0.717) is 5.76 Å². The number of hydrogen-bond donors (Lipinski definition) is 1. The summed E-state index contributed by atoms with van der Waals surface area (Å²) in [5, 5.41) is 3.99. The third-order valence-electron chi connectivity index (χ3n) is 3.92. The van der Waals surface area contributed by atoms with E-state index in [0.717, 1.165) is 36.2 Å². The van der Waals surface area contributed by atoms with Gasteiger partial charge in [0, 0.05) is 36.8 Å². The molecule has 0 saturated heterocycles. The van der Waals surface area contributed by atoms with E-state index in [-0.39, 0.29) is 11.9 Å². The zero-order valence-corrected chi connectivity index (χ0v) is 11.5. The van der Waals surface area contributed by atoms with E-state index in [4.69, 9.17) is 4.42 Å². The number of nitrogens with one attached hydrogen (secondary N) is 1. The first-order chi connectivity index (χ1) is 10.3. The standard InChI is InChI=1S/C16H15N3O2/c20-16(14-9-11-3-1-2-4-13(11)21-14)18-12-5-6-15-17-7-8-19(15)10-12/h1-4,7-9,12H,5-6,10H2,(H,18,20)/t12-/m0/s1. The lowest BCUT2D eigenvalue weighted by atomic mass is 10.1. The minimum absolute atomic E-state index is 0.118.